The fourth-order valence-corrected chi connectivity index (χ4v) is 2.64. The number of nitrogens with zero attached hydrogens (tertiary/aromatic N) is 1. The number of para-hydroxylation sites is 1. The van der Waals surface area contributed by atoms with E-state index in [-0.39, 0.29) is 0 Å². The molecule has 3 aromatic rings. The molecule has 0 amide bonds. The predicted octanol–water partition coefficient (Wildman–Crippen LogP) is 4.45. The van der Waals surface area contributed by atoms with Gasteiger partial charge in [0, 0.05) is 11.9 Å². The minimum Gasteiger partial charge on any atom is -0.365 e. The number of hydrogen-bond donors (Lipinski definition) is 1. The second-order valence-corrected chi connectivity index (χ2v) is 5.51. The van der Waals surface area contributed by atoms with E-state index in [0.29, 0.717) is 0 Å². The van der Waals surface area contributed by atoms with Crippen LogP contribution in [-0.4, -0.2) is 4.98 Å². The average Bonchev–Trinajstić information content (AvgIpc) is 2.46. The lowest BCUT2D eigenvalue weighted by Crippen LogP contribution is -2.03. The van der Waals surface area contributed by atoms with E-state index in [0.717, 1.165) is 21.4 Å². The van der Waals surface area contributed by atoms with Crippen LogP contribution in [0.25, 0.3) is 10.9 Å². The van der Waals surface area contributed by atoms with Crippen LogP contribution in [0.4, 0.5) is 5.82 Å². The molecule has 0 spiro atoms. The zero-order chi connectivity index (χ0) is 13.1. The Morgan fingerprint density at radius 2 is 1.68 bits per heavy atom. The van der Waals surface area contributed by atoms with Crippen LogP contribution in [0.15, 0.2) is 60.7 Å². The predicted molar refractivity (Wildman–Crippen MR) is 88.2 cm³/mol. The Balaban J connectivity index is 1.86. The van der Waals surface area contributed by atoms with Crippen molar-refractivity contribution in [3.05, 3.63) is 69.8 Å². The van der Waals surface area contributed by atoms with E-state index >= 15 is 0 Å². The molecule has 1 heterocycles. The van der Waals surface area contributed by atoms with E-state index in [1.807, 2.05) is 24.3 Å². The topological polar surface area (TPSA) is 24.9 Å². The summed E-state index contributed by atoms with van der Waals surface area (Å²) in [6.45, 7) is 0.794. The first-order chi connectivity index (χ1) is 9.33. The van der Waals surface area contributed by atoms with Crippen molar-refractivity contribution < 1.29 is 0 Å². The highest BCUT2D eigenvalue weighted by atomic mass is 127. The number of benzene rings is 2. The maximum absolute atomic E-state index is 4.67. The van der Waals surface area contributed by atoms with E-state index in [9.17, 15) is 0 Å². The highest BCUT2D eigenvalue weighted by Crippen LogP contribution is 2.22. The third-order valence-electron chi connectivity index (χ3n) is 2.98. The number of hydrogen-bond acceptors (Lipinski definition) is 2. The van der Waals surface area contributed by atoms with Gasteiger partial charge in [-0.25, -0.2) is 4.98 Å². The number of pyridine rings is 1. The molecule has 3 rings (SSSR count). The zero-order valence-electron chi connectivity index (χ0n) is 10.3. The van der Waals surface area contributed by atoms with Crippen molar-refractivity contribution in [3.63, 3.8) is 0 Å². The third kappa shape index (κ3) is 2.87. The summed E-state index contributed by atoms with van der Waals surface area (Å²) in [7, 11) is 0. The maximum atomic E-state index is 4.67. The minimum atomic E-state index is 0.794. The van der Waals surface area contributed by atoms with Gasteiger partial charge in [0.25, 0.3) is 0 Å². The van der Waals surface area contributed by atoms with Gasteiger partial charge < -0.3 is 5.32 Å². The fraction of sp³-hybridized carbons (Fsp3) is 0.0625. The highest BCUT2D eigenvalue weighted by Gasteiger charge is 2.03. The molecule has 94 valence electrons. The Kier molecular flexibility index (Phi) is 3.64. The standard InChI is InChI=1S/C16H13IN2/c17-14-10-13-8-4-5-9-15(13)19-16(14)18-11-12-6-2-1-3-7-12/h1-10H,11H2,(H,18,19). The van der Waals surface area contributed by atoms with Gasteiger partial charge >= 0.3 is 0 Å². The van der Waals surface area contributed by atoms with E-state index in [2.05, 4.69) is 69.3 Å². The smallest absolute Gasteiger partial charge is 0.140 e. The SMILES string of the molecule is Ic1cc2ccccc2nc1NCc1ccccc1. The van der Waals surface area contributed by atoms with Crippen LogP contribution < -0.4 is 5.32 Å². The quantitative estimate of drug-likeness (QED) is 0.698. The Morgan fingerprint density at radius 3 is 2.53 bits per heavy atom. The van der Waals surface area contributed by atoms with Crippen molar-refractivity contribution in [2.45, 2.75) is 6.54 Å². The molecular weight excluding hydrogens is 347 g/mol. The largest absolute Gasteiger partial charge is 0.365 e. The molecule has 2 aromatic carbocycles. The van der Waals surface area contributed by atoms with Gasteiger partial charge in [0.1, 0.15) is 5.82 Å². The number of halogens is 1. The van der Waals surface area contributed by atoms with Crippen molar-refractivity contribution in [2.24, 2.45) is 0 Å². The molecular formula is C16H13IN2. The van der Waals surface area contributed by atoms with Crippen LogP contribution in [-0.2, 0) is 6.54 Å². The van der Waals surface area contributed by atoms with Gasteiger partial charge in [-0.3, -0.25) is 0 Å². The average molecular weight is 360 g/mol. The van der Waals surface area contributed by atoms with Crippen LogP contribution in [0.1, 0.15) is 5.56 Å². The summed E-state index contributed by atoms with van der Waals surface area (Å²) in [5.74, 6) is 0.947. The molecule has 0 radical (unpaired) electrons. The summed E-state index contributed by atoms with van der Waals surface area (Å²) in [5, 5.41) is 4.58. The molecule has 0 unspecified atom stereocenters. The summed E-state index contributed by atoms with van der Waals surface area (Å²) in [5.41, 5.74) is 2.28. The molecule has 0 bridgehead atoms. The summed E-state index contributed by atoms with van der Waals surface area (Å²) in [6.07, 6.45) is 0. The van der Waals surface area contributed by atoms with E-state index < -0.39 is 0 Å². The Hall–Kier alpha value is -1.62. The van der Waals surface area contributed by atoms with Gasteiger partial charge in [-0.15, -0.1) is 0 Å². The van der Waals surface area contributed by atoms with Gasteiger partial charge in [0.15, 0.2) is 0 Å². The summed E-state index contributed by atoms with van der Waals surface area (Å²) in [6, 6.07) is 20.7. The normalized spacial score (nSPS) is 10.6. The second-order valence-electron chi connectivity index (χ2n) is 4.35. The summed E-state index contributed by atoms with van der Waals surface area (Å²) in [4.78, 5) is 4.67. The number of aromatic nitrogens is 1. The van der Waals surface area contributed by atoms with Crippen molar-refractivity contribution >= 4 is 39.3 Å². The van der Waals surface area contributed by atoms with Gasteiger partial charge in [0.05, 0.1) is 9.09 Å². The fourth-order valence-electron chi connectivity index (χ4n) is 2.00. The Labute approximate surface area is 126 Å². The van der Waals surface area contributed by atoms with Crippen molar-refractivity contribution in [1.29, 1.82) is 0 Å². The molecule has 0 atom stereocenters. The van der Waals surface area contributed by atoms with Gasteiger partial charge in [-0.1, -0.05) is 48.5 Å². The number of rotatable bonds is 3. The number of anilines is 1. The van der Waals surface area contributed by atoms with E-state index in [4.69, 9.17) is 0 Å². The first kappa shape index (κ1) is 12.4. The Bertz CT molecular complexity index is 695. The van der Waals surface area contributed by atoms with Crippen molar-refractivity contribution in [1.82, 2.24) is 4.98 Å². The van der Waals surface area contributed by atoms with Crippen LogP contribution in [0.3, 0.4) is 0 Å². The number of nitrogens with one attached hydrogen (secondary N) is 1. The minimum absolute atomic E-state index is 0.794. The number of fused-ring (bicyclic) bond motifs is 1. The molecule has 0 saturated carbocycles. The molecule has 3 heteroatoms. The molecule has 1 N–H and O–H groups in total. The molecule has 2 nitrogen and oxygen atoms in total. The lowest BCUT2D eigenvalue weighted by atomic mass is 10.2. The molecule has 0 saturated heterocycles. The van der Waals surface area contributed by atoms with E-state index in [1.165, 1.54) is 10.9 Å². The maximum Gasteiger partial charge on any atom is 0.140 e. The Morgan fingerprint density at radius 1 is 0.947 bits per heavy atom. The van der Waals surface area contributed by atoms with Crippen LogP contribution >= 0.6 is 22.6 Å². The molecule has 1 aromatic heterocycles. The molecule has 0 aliphatic rings. The van der Waals surface area contributed by atoms with Crippen molar-refractivity contribution in [2.75, 3.05) is 5.32 Å². The van der Waals surface area contributed by atoms with Crippen LogP contribution in [0, 0.1) is 3.57 Å². The van der Waals surface area contributed by atoms with Crippen LogP contribution in [0.5, 0.6) is 0 Å². The third-order valence-corrected chi connectivity index (χ3v) is 3.80. The molecule has 0 aliphatic carbocycles. The highest BCUT2D eigenvalue weighted by molar-refractivity contribution is 14.1. The lowest BCUT2D eigenvalue weighted by Gasteiger charge is -2.09. The first-order valence-electron chi connectivity index (χ1n) is 6.16. The van der Waals surface area contributed by atoms with Gasteiger partial charge in [-0.05, 0) is 40.3 Å². The van der Waals surface area contributed by atoms with Gasteiger partial charge in [0.2, 0.25) is 0 Å². The molecule has 0 fully saturated rings. The molecule has 19 heavy (non-hydrogen) atoms. The van der Waals surface area contributed by atoms with E-state index in [1.54, 1.807) is 0 Å². The summed E-state index contributed by atoms with van der Waals surface area (Å²) < 4.78 is 1.15. The first-order valence-corrected chi connectivity index (χ1v) is 7.24. The molecule has 0 aliphatic heterocycles. The monoisotopic (exact) mass is 360 g/mol. The lowest BCUT2D eigenvalue weighted by molar-refractivity contribution is 1.12. The van der Waals surface area contributed by atoms with Gasteiger partial charge in [-0.2, -0.15) is 0 Å². The van der Waals surface area contributed by atoms with Crippen LogP contribution in [0.2, 0.25) is 0 Å². The zero-order valence-corrected chi connectivity index (χ0v) is 12.5. The summed E-state index contributed by atoms with van der Waals surface area (Å²) >= 11 is 2.33. The van der Waals surface area contributed by atoms with Crippen molar-refractivity contribution in [3.8, 4) is 0 Å². The second kappa shape index (κ2) is 5.57.